The predicted octanol–water partition coefficient (Wildman–Crippen LogP) is -0.168. The number of likely N-dealkylation sites (N-methyl/N-ethyl adjacent to an activating group) is 1. The molecule has 27 heavy (non-hydrogen) atoms. The van der Waals surface area contributed by atoms with E-state index in [2.05, 4.69) is 5.32 Å². The van der Waals surface area contributed by atoms with E-state index in [4.69, 9.17) is 0 Å². The minimum atomic E-state index is -0.212. The number of carbonyl (C=O) groups is 4. The summed E-state index contributed by atoms with van der Waals surface area (Å²) in [5.41, 5.74) is 0. The fourth-order valence-electron chi connectivity index (χ4n) is 4.46. The number of nitrogens with one attached hydrogen (secondary N) is 1. The summed E-state index contributed by atoms with van der Waals surface area (Å²) in [6.45, 7) is 5.18. The topological polar surface area (TPSA) is 90.0 Å². The van der Waals surface area contributed by atoms with E-state index in [1.165, 1.54) is 4.90 Å². The lowest BCUT2D eigenvalue weighted by molar-refractivity contribution is -0.146. The predicted molar refractivity (Wildman–Crippen MR) is 98.5 cm³/mol. The maximum absolute atomic E-state index is 12.7. The maximum atomic E-state index is 12.7. The molecule has 1 saturated carbocycles. The SMILES string of the molecule is CCNC(=O)CN1CCCN(C(=O)CN2C(=O)C3CCCCC3C2=O)CC1. The third kappa shape index (κ3) is 4.48. The fourth-order valence-corrected chi connectivity index (χ4v) is 4.46. The summed E-state index contributed by atoms with van der Waals surface area (Å²) in [5, 5.41) is 2.79. The Morgan fingerprint density at radius 3 is 2.22 bits per heavy atom. The molecule has 2 aliphatic heterocycles. The number of fused-ring (bicyclic) bond motifs is 1. The average Bonchev–Trinajstić information content (AvgIpc) is 2.82. The molecule has 0 aromatic rings. The van der Waals surface area contributed by atoms with E-state index in [-0.39, 0.29) is 42.0 Å². The standard InChI is InChI=1S/C19H30N4O4/c1-2-20-16(24)12-21-8-5-9-22(11-10-21)17(25)13-23-18(26)14-6-3-4-7-15(14)19(23)27/h14-15H,2-13H2,1H3,(H,20,24). The first-order valence-electron chi connectivity index (χ1n) is 10.1. The van der Waals surface area contributed by atoms with Crippen molar-refractivity contribution < 1.29 is 19.2 Å². The van der Waals surface area contributed by atoms with E-state index in [0.717, 1.165) is 38.6 Å². The monoisotopic (exact) mass is 378 g/mol. The van der Waals surface area contributed by atoms with Crippen LogP contribution in [-0.2, 0) is 19.2 Å². The van der Waals surface area contributed by atoms with Gasteiger partial charge in [-0.05, 0) is 26.2 Å². The molecule has 0 bridgehead atoms. The van der Waals surface area contributed by atoms with Crippen LogP contribution in [0.3, 0.4) is 0 Å². The highest BCUT2D eigenvalue weighted by Gasteiger charge is 2.48. The van der Waals surface area contributed by atoms with Crippen LogP contribution in [0.25, 0.3) is 0 Å². The molecule has 2 heterocycles. The Labute approximate surface area is 160 Å². The Morgan fingerprint density at radius 1 is 0.926 bits per heavy atom. The molecular weight excluding hydrogens is 348 g/mol. The molecule has 1 aliphatic carbocycles. The zero-order valence-corrected chi connectivity index (χ0v) is 16.1. The molecule has 4 amide bonds. The molecule has 0 aromatic carbocycles. The van der Waals surface area contributed by atoms with E-state index in [1.54, 1.807) is 4.90 Å². The number of rotatable bonds is 5. The van der Waals surface area contributed by atoms with Crippen molar-refractivity contribution in [2.24, 2.45) is 11.8 Å². The van der Waals surface area contributed by atoms with Crippen LogP contribution < -0.4 is 5.32 Å². The molecule has 3 aliphatic rings. The fraction of sp³-hybridized carbons (Fsp3) is 0.789. The van der Waals surface area contributed by atoms with Gasteiger partial charge in [-0.25, -0.2) is 0 Å². The molecule has 150 valence electrons. The smallest absolute Gasteiger partial charge is 0.242 e. The van der Waals surface area contributed by atoms with Gasteiger partial charge in [0.05, 0.1) is 18.4 Å². The third-order valence-corrected chi connectivity index (χ3v) is 5.91. The number of hydrogen-bond acceptors (Lipinski definition) is 5. The number of hydrogen-bond donors (Lipinski definition) is 1. The van der Waals surface area contributed by atoms with Gasteiger partial charge in [0, 0.05) is 32.7 Å². The largest absolute Gasteiger partial charge is 0.355 e. The van der Waals surface area contributed by atoms with Crippen LogP contribution in [0.1, 0.15) is 39.0 Å². The van der Waals surface area contributed by atoms with E-state index in [9.17, 15) is 19.2 Å². The normalized spacial score (nSPS) is 26.7. The Balaban J connectivity index is 1.53. The van der Waals surface area contributed by atoms with E-state index in [1.807, 2.05) is 11.8 Å². The number of likely N-dealkylation sites (tertiary alicyclic amines) is 1. The lowest BCUT2D eigenvalue weighted by Crippen LogP contribution is -2.45. The van der Waals surface area contributed by atoms with E-state index < -0.39 is 0 Å². The highest BCUT2D eigenvalue weighted by atomic mass is 16.2. The molecule has 0 spiro atoms. The average molecular weight is 378 g/mol. The molecule has 8 nitrogen and oxygen atoms in total. The number of amides is 4. The molecule has 2 saturated heterocycles. The zero-order valence-electron chi connectivity index (χ0n) is 16.1. The Hall–Kier alpha value is -1.96. The first-order chi connectivity index (χ1) is 13.0. The minimum absolute atomic E-state index is 0.00635. The molecule has 3 fully saturated rings. The van der Waals surface area contributed by atoms with Gasteiger partial charge in [0.15, 0.2) is 0 Å². The first kappa shape index (κ1) is 19.8. The molecule has 0 aromatic heterocycles. The molecule has 0 radical (unpaired) electrons. The summed E-state index contributed by atoms with van der Waals surface area (Å²) in [6, 6.07) is 0. The van der Waals surface area contributed by atoms with Gasteiger partial charge in [0.1, 0.15) is 6.54 Å². The van der Waals surface area contributed by atoms with Crippen LogP contribution in [0, 0.1) is 11.8 Å². The van der Waals surface area contributed by atoms with Gasteiger partial charge in [-0.1, -0.05) is 12.8 Å². The quantitative estimate of drug-likeness (QED) is 0.671. The van der Waals surface area contributed by atoms with Crippen LogP contribution in [0.5, 0.6) is 0 Å². The molecule has 1 N–H and O–H groups in total. The second-order valence-electron chi connectivity index (χ2n) is 7.72. The van der Waals surface area contributed by atoms with Crippen LogP contribution >= 0.6 is 0 Å². The Bertz CT molecular complexity index is 585. The molecule has 3 rings (SSSR count). The van der Waals surface area contributed by atoms with Crippen LogP contribution in [-0.4, -0.2) is 84.1 Å². The minimum Gasteiger partial charge on any atom is -0.355 e. The molecule has 2 unspecified atom stereocenters. The lowest BCUT2D eigenvalue weighted by Gasteiger charge is -2.24. The summed E-state index contributed by atoms with van der Waals surface area (Å²) in [7, 11) is 0. The van der Waals surface area contributed by atoms with Crippen LogP contribution in [0.15, 0.2) is 0 Å². The third-order valence-electron chi connectivity index (χ3n) is 5.91. The number of nitrogens with zero attached hydrogens (tertiary/aromatic N) is 3. The second-order valence-corrected chi connectivity index (χ2v) is 7.72. The number of imide groups is 1. The maximum Gasteiger partial charge on any atom is 0.242 e. The lowest BCUT2D eigenvalue weighted by atomic mass is 9.81. The molecule has 2 atom stereocenters. The van der Waals surface area contributed by atoms with Gasteiger partial charge in [0.2, 0.25) is 23.6 Å². The van der Waals surface area contributed by atoms with Gasteiger partial charge >= 0.3 is 0 Å². The van der Waals surface area contributed by atoms with Crippen molar-refractivity contribution in [3.05, 3.63) is 0 Å². The van der Waals surface area contributed by atoms with E-state index >= 15 is 0 Å². The molecule has 8 heteroatoms. The van der Waals surface area contributed by atoms with Crippen molar-refractivity contribution in [2.75, 3.05) is 45.8 Å². The summed E-state index contributed by atoms with van der Waals surface area (Å²) in [6.07, 6.45) is 4.26. The van der Waals surface area contributed by atoms with Gasteiger partial charge < -0.3 is 10.2 Å². The summed E-state index contributed by atoms with van der Waals surface area (Å²) in [5.74, 6) is -0.925. The zero-order chi connectivity index (χ0) is 19.4. The van der Waals surface area contributed by atoms with Crippen LogP contribution in [0.4, 0.5) is 0 Å². The van der Waals surface area contributed by atoms with Gasteiger partial charge in [0.25, 0.3) is 0 Å². The van der Waals surface area contributed by atoms with Crippen molar-refractivity contribution in [3.8, 4) is 0 Å². The van der Waals surface area contributed by atoms with Gasteiger partial charge in [-0.2, -0.15) is 0 Å². The summed E-state index contributed by atoms with van der Waals surface area (Å²) in [4.78, 5) is 54.5. The highest BCUT2D eigenvalue weighted by Crippen LogP contribution is 2.37. The van der Waals surface area contributed by atoms with Crippen molar-refractivity contribution in [2.45, 2.75) is 39.0 Å². The second kappa shape index (κ2) is 8.82. The van der Waals surface area contributed by atoms with Crippen LogP contribution in [0.2, 0.25) is 0 Å². The summed E-state index contributed by atoms with van der Waals surface area (Å²) < 4.78 is 0. The van der Waals surface area contributed by atoms with Crippen molar-refractivity contribution in [1.29, 1.82) is 0 Å². The van der Waals surface area contributed by atoms with E-state index in [0.29, 0.717) is 32.7 Å². The van der Waals surface area contributed by atoms with Gasteiger partial charge in [-0.15, -0.1) is 0 Å². The summed E-state index contributed by atoms with van der Waals surface area (Å²) >= 11 is 0. The highest BCUT2D eigenvalue weighted by molar-refractivity contribution is 6.07. The van der Waals surface area contributed by atoms with Crippen molar-refractivity contribution >= 4 is 23.6 Å². The van der Waals surface area contributed by atoms with Gasteiger partial charge in [-0.3, -0.25) is 29.0 Å². The van der Waals surface area contributed by atoms with Crippen molar-refractivity contribution in [1.82, 2.24) is 20.0 Å². The van der Waals surface area contributed by atoms with Crippen molar-refractivity contribution in [3.63, 3.8) is 0 Å². The molecular formula is C19H30N4O4. The first-order valence-corrected chi connectivity index (χ1v) is 10.1. The Kier molecular flexibility index (Phi) is 6.46. The number of carbonyl (C=O) groups excluding carboxylic acids is 4. The Morgan fingerprint density at radius 2 is 1.59 bits per heavy atom.